The Morgan fingerprint density at radius 1 is 1.00 bits per heavy atom. The van der Waals surface area contributed by atoms with Crippen molar-refractivity contribution < 1.29 is 9.47 Å². The Bertz CT molecular complexity index is 990. The van der Waals surface area contributed by atoms with Crippen LogP contribution in [0.25, 0.3) is 0 Å². The van der Waals surface area contributed by atoms with Crippen molar-refractivity contribution in [1.82, 2.24) is 9.97 Å². The summed E-state index contributed by atoms with van der Waals surface area (Å²) in [6.45, 7) is 2.89. The zero-order valence-corrected chi connectivity index (χ0v) is 16.4. The molecular formula is C22H24N4O2. The summed E-state index contributed by atoms with van der Waals surface area (Å²) in [4.78, 5) is 11.7. The van der Waals surface area contributed by atoms with Gasteiger partial charge in [0.25, 0.3) is 0 Å². The van der Waals surface area contributed by atoms with Gasteiger partial charge in [-0.2, -0.15) is 4.98 Å². The molecule has 1 aliphatic rings. The molecule has 1 aromatic heterocycles. The monoisotopic (exact) mass is 376 g/mol. The van der Waals surface area contributed by atoms with Crippen molar-refractivity contribution in [2.45, 2.75) is 19.8 Å². The van der Waals surface area contributed by atoms with E-state index in [0.29, 0.717) is 11.7 Å². The Balaban J connectivity index is 1.68. The van der Waals surface area contributed by atoms with Gasteiger partial charge < -0.3 is 19.7 Å². The molecule has 0 bridgehead atoms. The van der Waals surface area contributed by atoms with Gasteiger partial charge >= 0.3 is 0 Å². The van der Waals surface area contributed by atoms with Crippen LogP contribution in [0, 0.1) is 6.92 Å². The zero-order valence-electron chi connectivity index (χ0n) is 16.4. The van der Waals surface area contributed by atoms with Crippen molar-refractivity contribution >= 4 is 23.1 Å². The zero-order chi connectivity index (χ0) is 19.5. The van der Waals surface area contributed by atoms with Gasteiger partial charge in [0.15, 0.2) is 0 Å². The minimum atomic E-state index is 0.695. The lowest BCUT2D eigenvalue weighted by molar-refractivity contribution is 0.395. The number of fused-ring (bicyclic) bond motifs is 1. The number of anilines is 4. The maximum Gasteiger partial charge on any atom is 0.232 e. The van der Waals surface area contributed by atoms with Crippen LogP contribution < -0.4 is 19.7 Å². The van der Waals surface area contributed by atoms with Gasteiger partial charge in [-0.3, -0.25) is 0 Å². The third-order valence-electron chi connectivity index (χ3n) is 4.87. The van der Waals surface area contributed by atoms with Crippen LogP contribution in [0.15, 0.2) is 48.5 Å². The summed E-state index contributed by atoms with van der Waals surface area (Å²) in [7, 11) is 3.28. The Hall–Kier alpha value is -3.28. The lowest BCUT2D eigenvalue weighted by Gasteiger charge is -2.29. The number of para-hydroxylation sites is 1. The summed E-state index contributed by atoms with van der Waals surface area (Å²) in [6.07, 6.45) is 2.18. The lowest BCUT2D eigenvalue weighted by atomic mass is 10.0. The first-order valence-corrected chi connectivity index (χ1v) is 9.38. The average Bonchev–Trinajstić information content (AvgIpc) is 2.73. The van der Waals surface area contributed by atoms with E-state index in [1.54, 1.807) is 14.2 Å². The summed E-state index contributed by atoms with van der Waals surface area (Å²) in [6, 6.07) is 16.1. The molecule has 6 nitrogen and oxygen atoms in total. The maximum atomic E-state index is 5.49. The molecule has 6 heteroatoms. The Labute approximate surface area is 165 Å². The minimum Gasteiger partial charge on any atom is -0.497 e. The third kappa shape index (κ3) is 3.58. The molecule has 0 atom stereocenters. The quantitative estimate of drug-likeness (QED) is 0.701. The molecular weight excluding hydrogens is 352 g/mol. The molecule has 1 aliphatic heterocycles. The van der Waals surface area contributed by atoms with E-state index in [-0.39, 0.29) is 0 Å². The molecule has 0 fully saturated rings. The number of rotatable bonds is 5. The second-order valence-electron chi connectivity index (χ2n) is 6.77. The number of benzene rings is 2. The summed E-state index contributed by atoms with van der Waals surface area (Å²) < 4.78 is 10.8. The van der Waals surface area contributed by atoms with E-state index < -0.39 is 0 Å². The molecule has 3 aromatic rings. The van der Waals surface area contributed by atoms with Gasteiger partial charge in [-0.1, -0.05) is 18.2 Å². The molecule has 0 saturated heterocycles. The molecule has 2 aromatic carbocycles. The predicted octanol–water partition coefficient (Wildman–Crippen LogP) is 4.63. The van der Waals surface area contributed by atoms with E-state index in [0.717, 1.165) is 42.3 Å². The molecule has 0 spiro atoms. The van der Waals surface area contributed by atoms with Crippen LogP contribution in [-0.4, -0.2) is 30.7 Å². The van der Waals surface area contributed by atoms with Gasteiger partial charge in [0, 0.05) is 30.1 Å². The summed E-state index contributed by atoms with van der Waals surface area (Å²) in [5.41, 5.74) is 4.26. The smallest absolute Gasteiger partial charge is 0.232 e. The number of nitrogens with one attached hydrogen (secondary N) is 1. The SMILES string of the molecule is COc1ccc(Nc2cc(C)nc(N3CCCc4ccccc43)n2)c(OC)c1. The molecule has 1 N–H and O–H groups in total. The fraction of sp³-hybridized carbons (Fsp3) is 0.273. The maximum absolute atomic E-state index is 5.49. The summed E-state index contributed by atoms with van der Waals surface area (Å²) >= 11 is 0. The van der Waals surface area contributed by atoms with Gasteiger partial charge in [0.1, 0.15) is 17.3 Å². The van der Waals surface area contributed by atoms with E-state index in [1.165, 1.54) is 11.3 Å². The van der Waals surface area contributed by atoms with Crippen LogP contribution >= 0.6 is 0 Å². The Kier molecular flexibility index (Phi) is 5.02. The highest BCUT2D eigenvalue weighted by Gasteiger charge is 2.20. The van der Waals surface area contributed by atoms with Crippen LogP contribution in [0.4, 0.5) is 23.1 Å². The van der Waals surface area contributed by atoms with Gasteiger partial charge in [-0.25, -0.2) is 4.98 Å². The van der Waals surface area contributed by atoms with E-state index in [1.807, 2.05) is 31.2 Å². The van der Waals surface area contributed by atoms with E-state index in [9.17, 15) is 0 Å². The normalized spacial score (nSPS) is 13.0. The molecule has 0 saturated carbocycles. The van der Waals surface area contributed by atoms with E-state index >= 15 is 0 Å². The van der Waals surface area contributed by atoms with Crippen LogP contribution in [0.5, 0.6) is 11.5 Å². The summed E-state index contributed by atoms with van der Waals surface area (Å²) in [5.74, 6) is 2.88. The first-order valence-electron chi connectivity index (χ1n) is 9.38. The molecule has 0 aliphatic carbocycles. The summed E-state index contributed by atoms with van der Waals surface area (Å²) in [5, 5.41) is 3.36. The number of hydrogen-bond donors (Lipinski definition) is 1. The van der Waals surface area contributed by atoms with E-state index in [2.05, 4.69) is 34.5 Å². The van der Waals surface area contributed by atoms with Crippen molar-refractivity contribution in [3.8, 4) is 11.5 Å². The average molecular weight is 376 g/mol. The second kappa shape index (κ2) is 7.76. The molecule has 2 heterocycles. The van der Waals surface area contributed by atoms with Gasteiger partial charge in [-0.05, 0) is 43.5 Å². The third-order valence-corrected chi connectivity index (χ3v) is 4.87. The van der Waals surface area contributed by atoms with Gasteiger partial charge in [-0.15, -0.1) is 0 Å². The van der Waals surface area contributed by atoms with E-state index in [4.69, 9.17) is 19.4 Å². The number of aromatic nitrogens is 2. The van der Waals surface area contributed by atoms with Crippen LogP contribution in [-0.2, 0) is 6.42 Å². The lowest BCUT2D eigenvalue weighted by Crippen LogP contribution is -2.26. The molecule has 0 amide bonds. The Morgan fingerprint density at radius 3 is 2.68 bits per heavy atom. The van der Waals surface area contributed by atoms with Crippen LogP contribution in [0.1, 0.15) is 17.7 Å². The number of aryl methyl sites for hydroxylation is 2. The fourth-order valence-corrected chi connectivity index (χ4v) is 3.52. The van der Waals surface area contributed by atoms with Crippen molar-refractivity contribution in [3.05, 3.63) is 59.8 Å². The first kappa shape index (κ1) is 18.1. The first-order chi connectivity index (χ1) is 13.7. The number of hydrogen-bond acceptors (Lipinski definition) is 6. The van der Waals surface area contributed by atoms with Gasteiger partial charge in [0.05, 0.1) is 19.9 Å². The molecule has 0 radical (unpaired) electrons. The predicted molar refractivity (Wildman–Crippen MR) is 111 cm³/mol. The standard InChI is InChI=1S/C22H24N4O2/c1-15-13-21(24-18-11-10-17(27-2)14-20(18)28-3)25-22(23-15)26-12-6-8-16-7-4-5-9-19(16)26/h4-5,7,9-11,13-14H,6,8,12H2,1-3H3,(H,23,24,25). The molecule has 28 heavy (non-hydrogen) atoms. The highest BCUT2D eigenvalue weighted by Crippen LogP contribution is 2.34. The van der Waals surface area contributed by atoms with Crippen LogP contribution in [0.3, 0.4) is 0 Å². The van der Waals surface area contributed by atoms with Crippen molar-refractivity contribution in [3.63, 3.8) is 0 Å². The molecule has 144 valence electrons. The van der Waals surface area contributed by atoms with Crippen molar-refractivity contribution in [2.24, 2.45) is 0 Å². The number of ether oxygens (including phenoxy) is 2. The van der Waals surface area contributed by atoms with Gasteiger partial charge in [0.2, 0.25) is 5.95 Å². The largest absolute Gasteiger partial charge is 0.497 e. The van der Waals surface area contributed by atoms with Crippen molar-refractivity contribution in [2.75, 3.05) is 31.0 Å². The number of nitrogens with zero attached hydrogens (tertiary/aromatic N) is 3. The highest BCUT2D eigenvalue weighted by atomic mass is 16.5. The van der Waals surface area contributed by atoms with Crippen molar-refractivity contribution in [1.29, 1.82) is 0 Å². The minimum absolute atomic E-state index is 0.695. The highest BCUT2D eigenvalue weighted by molar-refractivity contribution is 5.68. The topological polar surface area (TPSA) is 59.5 Å². The number of methoxy groups -OCH3 is 2. The molecule has 4 rings (SSSR count). The van der Waals surface area contributed by atoms with Crippen LogP contribution in [0.2, 0.25) is 0 Å². The fourth-order valence-electron chi connectivity index (χ4n) is 3.52. The molecule has 0 unspecified atom stereocenters. The Morgan fingerprint density at radius 2 is 1.86 bits per heavy atom. The second-order valence-corrected chi connectivity index (χ2v) is 6.77.